The summed E-state index contributed by atoms with van der Waals surface area (Å²) in [6.07, 6.45) is 0.755. The van der Waals surface area contributed by atoms with Crippen LogP contribution in [0.25, 0.3) is 0 Å². The molecule has 1 heterocycles. The van der Waals surface area contributed by atoms with Gasteiger partial charge in [0.05, 0.1) is 11.6 Å². The van der Waals surface area contributed by atoms with Crippen molar-refractivity contribution in [2.45, 2.75) is 26.3 Å². The van der Waals surface area contributed by atoms with Crippen molar-refractivity contribution in [3.8, 4) is 5.75 Å². The van der Waals surface area contributed by atoms with Crippen molar-refractivity contribution in [3.63, 3.8) is 0 Å². The van der Waals surface area contributed by atoms with E-state index in [4.69, 9.17) is 0 Å². The number of carbonyl (C=O) groups excluding carboxylic acids is 1. The Morgan fingerprint density at radius 1 is 1.55 bits per heavy atom. The van der Waals surface area contributed by atoms with E-state index in [9.17, 15) is 9.90 Å². The molecule has 1 atom stereocenters. The summed E-state index contributed by atoms with van der Waals surface area (Å²) in [5, 5.41) is 19.4. The van der Waals surface area contributed by atoms with Gasteiger partial charge in [0.25, 0.3) is 5.91 Å². The number of aryl methyl sites for hydroxylation is 1. The summed E-state index contributed by atoms with van der Waals surface area (Å²) in [7, 11) is 0. The summed E-state index contributed by atoms with van der Waals surface area (Å²) in [4.78, 5) is 16.4. The Hall–Kier alpha value is -1.64. The Labute approximate surface area is 130 Å². The number of carbonyl (C=O) groups is 1. The highest BCUT2D eigenvalue weighted by Crippen LogP contribution is 2.20. The molecule has 1 amide bonds. The number of aromatic amines is 1. The number of aromatic nitrogens is 3. The van der Waals surface area contributed by atoms with Gasteiger partial charge in [-0.3, -0.25) is 9.89 Å². The van der Waals surface area contributed by atoms with Crippen LogP contribution in [0.5, 0.6) is 5.75 Å². The fraction of sp³-hybridized carbons (Fsp3) is 0.308. The molecule has 7 heteroatoms. The topological polar surface area (TPSA) is 90.9 Å². The number of nitrogens with zero attached hydrogens (tertiary/aromatic N) is 2. The third-order valence-electron chi connectivity index (χ3n) is 2.82. The molecular formula is C13H15IN4O2. The van der Waals surface area contributed by atoms with Gasteiger partial charge in [0.2, 0.25) is 0 Å². The fourth-order valence-corrected chi connectivity index (χ4v) is 2.18. The maximum Gasteiger partial charge on any atom is 0.255 e. The van der Waals surface area contributed by atoms with E-state index in [0.717, 1.165) is 15.8 Å². The normalized spacial score (nSPS) is 12.2. The lowest BCUT2D eigenvalue weighted by Crippen LogP contribution is -2.27. The van der Waals surface area contributed by atoms with Crippen molar-refractivity contribution in [1.82, 2.24) is 20.5 Å². The molecule has 6 nitrogen and oxygen atoms in total. The molecular weight excluding hydrogens is 371 g/mol. The van der Waals surface area contributed by atoms with Gasteiger partial charge in [0.1, 0.15) is 11.6 Å². The van der Waals surface area contributed by atoms with E-state index in [1.807, 2.05) is 6.92 Å². The Balaban J connectivity index is 2.12. The molecule has 3 N–H and O–H groups in total. The third-order valence-corrected chi connectivity index (χ3v) is 3.49. The second-order valence-electron chi connectivity index (χ2n) is 4.35. The minimum atomic E-state index is -0.351. The molecule has 1 aromatic heterocycles. The zero-order valence-electron chi connectivity index (χ0n) is 11.1. The number of rotatable bonds is 4. The highest BCUT2D eigenvalue weighted by molar-refractivity contribution is 14.1. The second-order valence-corrected chi connectivity index (χ2v) is 5.60. The quantitative estimate of drug-likeness (QED) is 0.703. The smallest absolute Gasteiger partial charge is 0.255 e. The first-order valence-corrected chi connectivity index (χ1v) is 7.29. The van der Waals surface area contributed by atoms with E-state index < -0.39 is 0 Å². The lowest BCUT2D eigenvalue weighted by atomic mass is 10.1. The number of phenols is 1. The summed E-state index contributed by atoms with van der Waals surface area (Å²) in [6, 6.07) is 4.53. The predicted octanol–water partition coefficient (Wildman–Crippen LogP) is 2.17. The number of hydrogen-bond donors (Lipinski definition) is 3. The van der Waals surface area contributed by atoms with E-state index in [1.54, 1.807) is 19.1 Å². The van der Waals surface area contributed by atoms with E-state index in [1.165, 1.54) is 6.07 Å². The average Bonchev–Trinajstić information content (AvgIpc) is 2.90. The van der Waals surface area contributed by atoms with E-state index >= 15 is 0 Å². The van der Waals surface area contributed by atoms with Gasteiger partial charge in [0.15, 0.2) is 5.82 Å². The van der Waals surface area contributed by atoms with Crippen LogP contribution in [-0.4, -0.2) is 26.2 Å². The van der Waals surface area contributed by atoms with Crippen molar-refractivity contribution in [2.24, 2.45) is 0 Å². The maximum absolute atomic E-state index is 12.1. The zero-order chi connectivity index (χ0) is 14.7. The molecule has 1 unspecified atom stereocenters. The summed E-state index contributed by atoms with van der Waals surface area (Å²) in [5.74, 6) is 0.911. The Bertz CT molecular complexity index is 627. The van der Waals surface area contributed by atoms with Crippen LogP contribution in [-0.2, 0) is 6.42 Å². The van der Waals surface area contributed by atoms with Gasteiger partial charge in [-0.25, -0.2) is 4.98 Å². The molecule has 0 aliphatic carbocycles. The van der Waals surface area contributed by atoms with Crippen molar-refractivity contribution < 1.29 is 9.90 Å². The minimum Gasteiger partial charge on any atom is -0.507 e. The van der Waals surface area contributed by atoms with E-state index in [-0.39, 0.29) is 23.3 Å². The van der Waals surface area contributed by atoms with Crippen LogP contribution >= 0.6 is 22.6 Å². The van der Waals surface area contributed by atoms with Crippen LogP contribution in [0.1, 0.15) is 41.9 Å². The summed E-state index contributed by atoms with van der Waals surface area (Å²) in [6.45, 7) is 3.77. The first-order valence-electron chi connectivity index (χ1n) is 6.21. The van der Waals surface area contributed by atoms with Crippen LogP contribution in [0.4, 0.5) is 0 Å². The molecule has 2 aromatic rings. The summed E-state index contributed by atoms with van der Waals surface area (Å²) < 4.78 is 0.879. The number of nitrogens with one attached hydrogen (secondary N) is 2. The van der Waals surface area contributed by atoms with Crippen LogP contribution in [0.15, 0.2) is 18.2 Å². The minimum absolute atomic E-state index is 0.0423. The summed E-state index contributed by atoms with van der Waals surface area (Å²) >= 11 is 2.09. The first-order chi connectivity index (χ1) is 9.51. The van der Waals surface area contributed by atoms with Gasteiger partial charge < -0.3 is 10.4 Å². The molecule has 20 heavy (non-hydrogen) atoms. The number of aromatic hydroxyl groups is 1. The van der Waals surface area contributed by atoms with Crippen molar-refractivity contribution in [3.05, 3.63) is 39.0 Å². The number of amides is 1. The number of H-pyrrole nitrogens is 1. The average molecular weight is 386 g/mol. The highest BCUT2D eigenvalue weighted by atomic mass is 127. The van der Waals surface area contributed by atoms with Crippen molar-refractivity contribution in [2.75, 3.05) is 0 Å². The van der Waals surface area contributed by atoms with Gasteiger partial charge in [-0.05, 0) is 47.7 Å². The number of benzene rings is 1. The van der Waals surface area contributed by atoms with Crippen molar-refractivity contribution >= 4 is 28.5 Å². The first kappa shape index (κ1) is 14.8. The largest absolute Gasteiger partial charge is 0.507 e. The molecule has 0 bridgehead atoms. The summed E-state index contributed by atoms with van der Waals surface area (Å²) in [5.41, 5.74) is 0.245. The number of halogens is 1. The molecule has 0 fully saturated rings. The molecule has 1 aromatic carbocycles. The Morgan fingerprint density at radius 3 is 2.95 bits per heavy atom. The van der Waals surface area contributed by atoms with Gasteiger partial charge >= 0.3 is 0 Å². The van der Waals surface area contributed by atoms with E-state index in [2.05, 4.69) is 43.1 Å². The molecule has 2 rings (SSSR count). The third kappa shape index (κ3) is 3.27. The van der Waals surface area contributed by atoms with E-state index in [0.29, 0.717) is 5.82 Å². The molecule has 0 aliphatic heterocycles. The number of hydrogen-bond acceptors (Lipinski definition) is 4. The van der Waals surface area contributed by atoms with Crippen LogP contribution < -0.4 is 5.32 Å². The highest BCUT2D eigenvalue weighted by Gasteiger charge is 2.17. The molecule has 0 aliphatic rings. The van der Waals surface area contributed by atoms with Gasteiger partial charge in [-0.2, -0.15) is 5.10 Å². The monoisotopic (exact) mass is 386 g/mol. The maximum atomic E-state index is 12.1. The molecule has 0 saturated heterocycles. The Morgan fingerprint density at radius 2 is 2.30 bits per heavy atom. The second kappa shape index (κ2) is 6.21. The van der Waals surface area contributed by atoms with Crippen LogP contribution in [0, 0.1) is 3.57 Å². The predicted molar refractivity (Wildman–Crippen MR) is 82.5 cm³/mol. The van der Waals surface area contributed by atoms with Gasteiger partial charge in [-0.1, -0.05) is 6.92 Å². The molecule has 106 valence electrons. The lowest BCUT2D eigenvalue weighted by molar-refractivity contribution is 0.0935. The SMILES string of the molecule is CCc1nc(C(C)NC(=O)c2cc(I)ccc2O)n[nH]1. The number of phenolic OH excluding ortho intramolecular Hbond substituents is 1. The molecule has 0 radical (unpaired) electrons. The zero-order valence-corrected chi connectivity index (χ0v) is 13.3. The van der Waals surface area contributed by atoms with Crippen molar-refractivity contribution in [1.29, 1.82) is 0 Å². The standard InChI is InChI=1S/C13H15IN4O2/c1-3-11-16-12(18-17-11)7(2)15-13(20)9-6-8(14)4-5-10(9)19/h4-7,19H,3H2,1-2H3,(H,15,20)(H,16,17,18). The van der Waals surface area contributed by atoms with Crippen LogP contribution in [0.3, 0.4) is 0 Å². The fourth-order valence-electron chi connectivity index (χ4n) is 1.69. The molecule has 0 spiro atoms. The van der Waals surface area contributed by atoms with Gasteiger partial charge in [-0.15, -0.1) is 0 Å². The van der Waals surface area contributed by atoms with Gasteiger partial charge in [0, 0.05) is 9.99 Å². The molecule has 0 saturated carbocycles. The lowest BCUT2D eigenvalue weighted by Gasteiger charge is -2.11. The Kier molecular flexibility index (Phi) is 4.58. The van der Waals surface area contributed by atoms with Crippen LogP contribution in [0.2, 0.25) is 0 Å².